The second-order valence-electron chi connectivity index (χ2n) is 6.25. The molecule has 3 aromatic rings. The molecule has 1 aliphatic heterocycles. The van der Waals surface area contributed by atoms with Crippen molar-refractivity contribution in [1.82, 2.24) is 0 Å². The molecule has 27 heavy (non-hydrogen) atoms. The molecule has 0 N–H and O–H groups in total. The molecule has 0 unspecified atom stereocenters. The third-order valence-electron chi connectivity index (χ3n) is 4.57. The topological polar surface area (TPSA) is 63.7 Å². The van der Waals surface area contributed by atoms with Crippen LogP contribution in [0.1, 0.15) is 21.5 Å². The van der Waals surface area contributed by atoms with Gasteiger partial charge in [-0.3, -0.25) is 9.10 Å². The van der Waals surface area contributed by atoms with E-state index in [0.717, 1.165) is 9.87 Å². The highest BCUT2D eigenvalue weighted by molar-refractivity contribution is 7.93. The number of rotatable bonds is 3. The van der Waals surface area contributed by atoms with Crippen LogP contribution in [0.25, 0.3) is 0 Å². The summed E-state index contributed by atoms with van der Waals surface area (Å²) in [5, 5.41) is 0. The summed E-state index contributed by atoms with van der Waals surface area (Å²) in [4.78, 5) is 12.9. The van der Waals surface area contributed by atoms with Crippen molar-refractivity contribution in [3.8, 4) is 5.75 Å². The van der Waals surface area contributed by atoms with Gasteiger partial charge in [-0.05, 0) is 29.8 Å². The van der Waals surface area contributed by atoms with E-state index in [-0.39, 0.29) is 16.2 Å². The van der Waals surface area contributed by atoms with Gasteiger partial charge in [-0.2, -0.15) is 0 Å². The lowest BCUT2D eigenvalue weighted by Gasteiger charge is -2.19. The first-order valence-corrected chi connectivity index (χ1v) is 9.86. The maximum atomic E-state index is 13.1. The smallest absolute Gasteiger partial charge is 0.264 e. The van der Waals surface area contributed by atoms with Crippen molar-refractivity contribution in [3.05, 3.63) is 89.5 Å². The summed E-state index contributed by atoms with van der Waals surface area (Å²) in [7, 11) is -2.42. The lowest BCUT2D eigenvalue weighted by molar-refractivity contribution is 0.103. The highest BCUT2D eigenvalue weighted by Crippen LogP contribution is 2.35. The number of nitrogens with zero attached hydrogens (tertiary/aromatic N) is 1. The van der Waals surface area contributed by atoms with E-state index in [1.165, 1.54) is 19.2 Å². The first-order chi connectivity index (χ1) is 13.0. The van der Waals surface area contributed by atoms with Gasteiger partial charge in [-0.25, -0.2) is 8.42 Å². The van der Waals surface area contributed by atoms with E-state index in [1.807, 2.05) is 30.3 Å². The number of carbonyl (C=O) groups excluding carboxylic acids is 1. The van der Waals surface area contributed by atoms with Crippen molar-refractivity contribution in [2.75, 3.05) is 11.4 Å². The van der Waals surface area contributed by atoms with Crippen LogP contribution in [0.15, 0.2) is 77.7 Å². The Kier molecular flexibility index (Phi) is 4.20. The third-order valence-corrected chi connectivity index (χ3v) is 6.38. The van der Waals surface area contributed by atoms with E-state index in [4.69, 9.17) is 4.74 Å². The molecule has 6 heteroatoms. The number of para-hydroxylation sites is 1. The maximum absolute atomic E-state index is 13.1. The number of hydrogen-bond donors (Lipinski definition) is 0. The molecule has 136 valence electrons. The normalized spacial score (nSPS) is 14.9. The molecule has 1 aliphatic rings. The van der Waals surface area contributed by atoms with E-state index in [0.29, 0.717) is 23.6 Å². The van der Waals surface area contributed by atoms with E-state index >= 15 is 0 Å². The highest BCUT2D eigenvalue weighted by Gasteiger charge is 2.34. The first-order valence-electron chi connectivity index (χ1n) is 8.42. The average molecular weight is 379 g/mol. The fourth-order valence-corrected chi connectivity index (χ4v) is 4.51. The zero-order chi connectivity index (χ0) is 19.0. The van der Waals surface area contributed by atoms with Gasteiger partial charge in [0.2, 0.25) is 0 Å². The zero-order valence-corrected chi connectivity index (χ0v) is 15.4. The molecule has 0 saturated heterocycles. The fourth-order valence-electron chi connectivity index (χ4n) is 3.10. The largest absolute Gasteiger partial charge is 0.489 e. The van der Waals surface area contributed by atoms with Gasteiger partial charge in [0, 0.05) is 24.2 Å². The minimum Gasteiger partial charge on any atom is -0.489 e. The lowest BCUT2D eigenvalue weighted by atomic mass is 10.0. The number of benzene rings is 3. The van der Waals surface area contributed by atoms with E-state index in [9.17, 15) is 13.2 Å². The van der Waals surface area contributed by atoms with Crippen molar-refractivity contribution >= 4 is 21.5 Å². The van der Waals surface area contributed by atoms with Crippen LogP contribution in [-0.4, -0.2) is 21.2 Å². The molecule has 0 radical (unpaired) electrons. The Labute approximate surface area is 157 Å². The summed E-state index contributed by atoms with van der Waals surface area (Å²) in [5.41, 5.74) is 1.85. The molecule has 0 aliphatic carbocycles. The molecule has 5 nitrogen and oxygen atoms in total. The molecular weight excluding hydrogens is 362 g/mol. The van der Waals surface area contributed by atoms with Crippen LogP contribution in [-0.2, 0) is 16.6 Å². The maximum Gasteiger partial charge on any atom is 0.264 e. The SMILES string of the molecule is CN1c2ccccc2C(=O)c2ccc(OCc3ccccc3)cc2S1(=O)=O. The number of ether oxygens (including phenoxy) is 1. The molecule has 0 aromatic heterocycles. The van der Waals surface area contributed by atoms with Crippen LogP contribution in [0.4, 0.5) is 5.69 Å². The van der Waals surface area contributed by atoms with Crippen molar-refractivity contribution in [2.45, 2.75) is 11.5 Å². The van der Waals surface area contributed by atoms with Gasteiger partial charge >= 0.3 is 0 Å². The van der Waals surface area contributed by atoms with E-state index in [2.05, 4.69) is 0 Å². The summed E-state index contributed by atoms with van der Waals surface area (Å²) in [6, 6.07) is 20.8. The molecule has 1 heterocycles. The molecule has 4 rings (SSSR count). The molecule has 0 bridgehead atoms. The summed E-state index contributed by atoms with van der Waals surface area (Å²) >= 11 is 0. The van der Waals surface area contributed by atoms with Gasteiger partial charge in [0.15, 0.2) is 5.78 Å². The number of carbonyl (C=O) groups is 1. The van der Waals surface area contributed by atoms with Crippen LogP contribution in [0, 0.1) is 0 Å². The number of hydrogen-bond acceptors (Lipinski definition) is 4. The Morgan fingerprint density at radius 3 is 2.37 bits per heavy atom. The lowest BCUT2D eigenvalue weighted by Crippen LogP contribution is -2.26. The van der Waals surface area contributed by atoms with Crippen LogP contribution in [0.3, 0.4) is 0 Å². The third kappa shape index (κ3) is 2.98. The summed E-state index contributed by atoms with van der Waals surface area (Å²) < 4.78 is 33.0. The zero-order valence-electron chi connectivity index (χ0n) is 14.6. The molecule has 3 aromatic carbocycles. The predicted molar refractivity (Wildman–Crippen MR) is 103 cm³/mol. The quantitative estimate of drug-likeness (QED) is 0.697. The van der Waals surface area contributed by atoms with Crippen LogP contribution >= 0.6 is 0 Å². The van der Waals surface area contributed by atoms with Crippen molar-refractivity contribution < 1.29 is 17.9 Å². The summed E-state index contributed by atoms with van der Waals surface area (Å²) in [5.74, 6) is 0.0801. The molecule has 0 saturated carbocycles. The standard InChI is InChI=1S/C21H17NO4S/c1-22-19-10-6-5-9-17(19)21(23)18-12-11-16(13-20(18)27(22,24)25)26-14-15-7-3-2-4-8-15/h2-13H,14H2,1H3. The van der Waals surface area contributed by atoms with Crippen molar-refractivity contribution in [2.24, 2.45) is 0 Å². The van der Waals surface area contributed by atoms with Gasteiger partial charge in [0.1, 0.15) is 17.3 Å². The highest BCUT2D eigenvalue weighted by atomic mass is 32.2. The molecule has 0 atom stereocenters. The van der Waals surface area contributed by atoms with Gasteiger partial charge in [0.25, 0.3) is 10.0 Å². The van der Waals surface area contributed by atoms with E-state index in [1.54, 1.807) is 30.3 Å². The summed E-state index contributed by atoms with van der Waals surface area (Å²) in [6.45, 7) is 0.309. The van der Waals surface area contributed by atoms with Crippen molar-refractivity contribution in [1.29, 1.82) is 0 Å². The fraction of sp³-hybridized carbons (Fsp3) is 0.0952. The Bertz CT molecular complexity index is 1120. The van der Waals surface area contributed by atoms with Crippen LogP contribution < -0.4 is 9.04 Å². The van der Waals surface area contributed by atoms with E-state index < -0.39 is 10.0 Å². The first kappa shape index (κ1) is 17.3. The minimum absolute atomic E-state index is 0.0447. The molecule has 0 amide bonds. The minimum atomic E-state index is -3.88. The van der Waals surface area contributed by atoms with Crippen LogP contribution in [0.5, 0.6) is 5.75 Å². The monoisotopic (exact) mass is 379 g/mol. The van der Waals surface area contributed by atoms with Crippen LogP contribution in [0.2, 0.25) is 0 Å². The Morgan fingerprint density at radius 1 is 0.889 bits per heavy atom. The Hall–Kier alpha value is -3.12. The number of ketones is 1. The second kappa shape index (κ2) is 6.55. The molecule has 0 spiro atoms. The predicted octanol–water partition coefficient (Wildman–Crippen LogP) is 3.64. The number of fused-ring (bicyclic) bond motifs is 2. The van der Waals surface area contributed by atoms with Gasteiger partial charge in [-0.1, -0.05) is 42.5 Å². The Morgan fingerprint density at radius 2 is 1.59 bits per heavy atom. The molecule has 0 fully saturated rings. The van der Waals surface area contributed by atoms with Crippen molar-refractivity contribution in [3.63, 3.8) is 0 Å². The van der Waals surface area contributed by atoms with Gasteiger partial charge in [0.05, 0.1) is 5.69 Å². The number of anilines is 1. The molecular formula is C21H17NO4S. The Balaban J connectivity index is 1.76. The summed E-state index contributed by atoms with van der Waals surface area (Å²) in [6.07, 6.45) is 0. The van der Waals surface area contributed by atoms with Gasteiger partial charge in [-0.15, -0.1) is 0 Å². The second-order valence-corrected chi connectivity index (χ2v) is 8.19. The average Bonchev–Trinajstić information content (AvgIpc) is 2.76. The number of sulfonamides is 1. The van der Waals surface area contributed by atoms with Gasteiger partial charge < -0.3 is 4.74 Å².